The van der Waals surface area contributed by atoms with Crippen LogP contribution in [0.25, 0.3) is 0 Å². The molecule has 0 bridgehead atoms. The number of hydrogen-bond donors (Lipinski definition) is 1. The molecule has 1 N–H and O–H groups in total. The summed E-state index contributed by atoms with van der Waals surface area (Å²) in [6.45, 7) is 1.90. The van der Waals surface area contributed by atoms with Crippen LogP contribution in [0, 0.1) is 6.92 Å². The first-order valence-corrected chi connectivity index (χ1v) is 11.5. The van der Waals surface area contributed by atoms with Gasteiger partial charge in [-0.3, -0.25) is 4.79 Å². The summed E-state index contributed by atoms with van der Waals surface area (Å²) in [6, 6.07) is 14.5. The largest absolute Gasteiger partial charge is 0.307 e. The van der Waals surface area contributed by atoms with Crippen molar-refractivity contribution in [1.82, 2.24) is 9.78 Å². The van der Waals surface area contributed by atoms with Crippen molar-refractivity contribution in [3.63, 3.8) is 0 Å². The van der Waals surface area contributed by atoms with Gasteiger partial charge in [-0.05, 0) is 55.5 Å². The van der Waals surface area contributed by atoms with Crippen LogP contribution in [0.3, 0.4) is 0 Å². The standard InChI is InChI=1S/C22H23N3O3S/c1-15-14-23-25(20-12-6-8-16-7-3-4-11-19(16)20)21(15)24-22(26)17-9-5-10-18(13-17)29(2,27)28/h3-5,7,9-11,13-14,20H,6,8,12H2,1-2H3,(H,24,26). The quantitative estimate of drug-likeness (QED) is 0.711. The molecule has 150 valence electrons. The van der Waals surface area contributed by atoms with Gasteiger partial charge in [0.05, 0.1) is 17.1 Å². The molecule has 1 amide bonds. The molecule has 7 heteroatoms. The Morgan fingerprint density at radius 1 is 1.17 bits per heavy atom. The summed E-state index contributed by atoms with van der Waals surface area (Å²) < 4.78 is 25.5. The van der Waals surface area contributed by atoms with Gasteiger partial charge < -0.3 is 5.32 Å². The first kappa shape index (κ1) is 19.4. The maximum atomic E-state index is 12.9. The van der Waals surface area contributed by atoms with Crippen LogP contribution < -0.4 is 5.32 Å². The summed E-state index contributed by atoms with van der Waals surface area (Å²) in [5, 5.41) is 7.50. The second kappa shape index (κ2) is 7.48. The number of amides is 1. The van der Waals surface area contributed by atoms with E-state index in [0.29, 0.717) is 11.4 Å². The van der Waals surface area contributed by atoms with Gasteiger partial charge in [0.2, 0.25) is 0 Å². The number of carbonyl (C=O) groups is 1. The highest BCUT2D eigenvalue weighted by atomic mass is 32.2. The molecule has 3 aromatic rings. The zero-order valence-corrected chi connectivity index (χ0v) is 17.2. The summed E-state index contributed by atoms with van der Waals surface area (Å²) in [6.07, 6.45) is 5.94. The van der Waals surface area contributed by atoms with E-state index < -0.39 is 9.84 Å². The van der Waals surface area contributed by atoms with Crippen molar-refractivity contribution in [2.24, 2.45) is 0 Å². The molecular weight excluding hydrogens is 386 g/mol. The maximum Gasteiger partial charge on any atom is 0.256 e. The van der Waals surface area contributed by atoms with Gasteiger partial charge in [-0.25, -0.2) is 13.1 Å². The minimum atomic E-state index is -3.39. The summed E-state index contributed by atoms with van der Waals surface area (Å²) in [7, 11) is -3.39. The van der Waals surface area contributed by atoms with Crippen molar-refractivity contribution in [1.29, 1.82) is 0 Å². The molecule has 4 rings (SSSR count). The fraction of sp³-hybridized carbons (Fsp3) is 0.273. The van der Waals surface area contributed by atoms with Gasteiger partial charge in [-0.1, -0.05) is 30.3 Å². The molecule has 2 aromatic carbocycles. The lowest BCUT2D eigenvalue weighted by molar-refractivity contribution is 0.102. The van der Waals surface area contributed by atoms with E-state index in [1.807, 2.05) is 23.7 Å². The summed E-state index contributed by atoms with van der Waals surface area (Å²) in [5.74, 6) is 0.283. The maximum absolute atomic E-state index is 12.9. The number of aryl methyl sites for hydroxylation is 2. The average molecular weight is 410 g/mol. The van der Waals surface area contributed by atoms with E-state index >= 15 is 0 Å². The topological polar surface area (TPSA) is 81.1 Å². The van der Waals surface area contributed by atoms with Gasteiger partial charge in [0, 0.05) is 17.4 Å². The third-order valence-corrected chi connectivity index (χ3v) is 6.48. The number of rotatable bonds is 4. The van der Waals surface area contributed by atoms with E-state index in [-0.39, 0.29) is 16.8 Å². The Kier molecular flexibility index (Phi) is 5.00. The predicted octanol–water partition coefficient (Wildman–Crippen LogP) is 3.77. The molecule has 0 fully saturated rings. The van der Waals surface area contributed by atoms with E-state index in [2.05, 4.69) is 22.5 Å². The minimum Gasteiger partial charge on any atom is -0.307 e. The van der Waals surface area contributed by atoms with Crippen LogP contribution in [0.5, 0.6) is 0 Å². The predicted molar refractivity (Wildman–Crippen MR) is 112 cm³/mol. The van der Waals surface area contributed by atoms with Crippen LogP contribution in [-0.2, 0) is 16.3 Å². The Morgan fingerprint density at radius 3 is 2.76 bits per heavy atom. The van der Waals surface area contributed by atoms with Crippen molar-refractivity contribution in [2.45, 2.75) is 37.1 Å². The van der Waals surface area contributed by atoms with E-state index in [0.717, 1.165) is 31.1 Å². The lowest BCUT2D eigenvalue weighted by Gasteiger charge is -2.27. The lowest BCUT2D eigenvalue weighted by Crippen LogP contribution is -2.22. The van der Waals surface area contributed by atoms with Gasteiger partial charge in [0.15, 0.2) is 9.84 Å². The number of carbonyl (C=O) groups excluding carboxylic acids is 1. The number of sulfone groups is 1. The Morgan fingerprint density at radius 2 is 1.97 bits per heavy atom. The Labute approximate surface area is 170 Å². The van der Waals surface area contributed by atoms with Crippen molar-refractivity contribution in [3.05, 3.63) is 77.0 Å². The van der Waals surface area contributed by atoms with Crippen LogP contribution >= 0.6 is 0 Å². The van der Waals surface area contributed by atoms with Crippen LogP contribution in [0.15, 0.2) is 59.6 Å². The second-order valence-corrected chi connectivity index (χ2v) is 9.50. The van der Waals surface area contributed by atoms with Crippen LogP contribution in [0.1, 0.15) is 45.9 Å². The van der Waals surface area contributed by atoms with Crippen LogP contribution in [0.2, 0.25) is 0 Å². The van der Waals surface area contributed by atoms with Crippen molar-refractivity contribution < 1.29 is 13.2 Å². The fourth-order valence-electron chi connectivity index (χ4n) is 3.87. The Hall–Kier alpha value is -2.93. The van der Waals surface area contributed by atoms with Crippen LogP contribution in [-0.4, -0.2) is 30.4 Å². The van der Waals surface area contributed by atoms with Crippen LogP contribution in [0.4, 0.5) is 5.82 Å². The average Bonchev–Trinajstić information content (AvgIpc) is 3.07. The minimum absolute atomic E-state index is 0.0614. The number of aromatic nitrogens is 2. The number of nitrogens with one attached hydrogen (secondary N) is 1. The fourth-order valence-corrected chi connectivity index (χ4v) is 4.54. The molecule has 29 heavy (non-hydrogen) atoms. The number of fused-ring (bicyclic) bond motifs is 1. The van der Waals surface area contributed by atoms with Crippen molar-refractivity contribution >= 4 is 21.6 Å². The molecule has 1 unspecified atom stereocenters. The molecule has 0 saturated carbocycles. The molecule has 0 saturated heterocycles. The van der Waals surface area contributed by atoms with E-state index in [1.54, 1.807) is 18.3 Å². The third kappa shape index (κ3) is 3.82. The molecule has 1 aliphatic carbocycles. The van der Waals surface area contributed by atoms with Gasteiger partial charge in [-0.15, -0.1) is 0 Å². The highest BCUT2D eigenvalue weighted by Crippen LogP contribution is 2.35. The summed E-state index contributed by atoms with van der Waals surface area (Å²) in [5.41, 5.74) is 3.70. The van der Waals surface area contributed by atoms with Gasteiger partial charge in [0.1, 0.15) is 5.82 Å². The first-order chi connectivity index (χ1) is 13.8. The monoisotopic (exact) mass is 409 g/mol. The molecule has 0 radical (unpaired) electrons. The molecule has 0 aliphatic heterocycles. The summed E-state index contributed by atoms with van der Waals surface area (Å²) >= 11 is 0. The zero-order valence-electron chi connectivity index (χ0n) is 16.4. The number of hydrogen-bond acceptors (Lipinski definition) is 4. The molecular formula is C22H23N3O3S. The molecule has 1 atom stereocenters. The molecule has 1 aliphatic rings. The second-order valence-electron chi connectivity index (χ2n) is 7.48. The number of anilines is 1. The van der Waals surface area contributed by atoms with Gasteiger partial charge >= 0.3 is 0 Å². The summed E-state index contributed by atoms with van der Waals surface area (Å²) in [4.78, 5) is 13.0. The van der Waals surface area contributed by atoms with Gasteiger partial charge in [0.25, 0.3) is 5.91 Å². The van der Waals surface area contributed by atoms with E-state index in [4.69, 9.17) is 0 Å². The number of benzene rings is 2. The smallest absolute Gasteiger partial charge is 0.256 e. The first-order valence-electron chi connectivity index (χ1n) is 9.58. The number of nitrogens with zero attached hydrogens (tertiary/aromatic N) is 2. The van der Waals surface area contributed by atoms with E-state index in [1.165, 1.54) is 23.3 Å². The van der Waals surface area contributed by atoms with Crippen molar-refractivity contribution in [3.8, 4) is 0 Å². The van der Waals surface area contributed by atoms with Gasteiger partial charge in [-0.2, -0.15) is 5.10 Å². The molecule has 6 nitrogen and oxygen atoms in total. The third-order valence-electron chi connectivity index (χ3n) is 5.37. The molecule has 0 spiro atoms. The van der Waals surface area contributed by atoms with Crippen molar-refractivity contribution in [2.75, 3.05) is 11.6 Å². The highest BCUT2D eigenvalue weighted by molar-refractivity contribution is 7.90. The lowest BCUT2D eigenvalue weighted by atomic mass is 9.88. The van der Waals surface area contributed by atoms with E-state index in [9.17, 15) is 13.2 Å². The highest BCUT2D eigenvalue weighted by Gasteiger charge is 2.25. The Balaban J connectivity index is 1.67. The molecule has 1 heterocycles. The SMILES string of the molecule is Cc1cnn(C2CCCc3ccccc32)c1NC(=O)c1cccc(S(C)(=O)=O)c1. The molecule has 1 aromatic heterocycles. The Bertz CT molecular complexity index is 1180. The normalized spacial score (nSPS) is 16.3. The zero-order chi connectivity index (χ0) is 20.6.